The highest BCUT2D eigenvalue weighted by atomic mass is 16.5. The highest BCUT2D eigenvalue weighted by Crippen LogP contribution is 2.30. The Morgan fingerprint density at radius 1 is 0.810 bits per heavy atom. The zero-order valence-corrected chi connectivity index (χ0v) is 11.9. The van der Waals surface area contributed by atoms with Crippen molar-refractivity contribution in [1.82, 2.24) is 0 Å². The van der Waals surface area contributed by atoms with Crippen molar-refractivity contribution in [1.29, 1.82) is 0 Å². The third-order valence-corrected chi connectivity index (χ3v) is 3.17. The first-order valence-corrected chi connectivity index (χ1v) is 6.94. The first-order valence-electron chi connectivity index (χ1n) is 6.94. The fourth-order valence-electron chi connectivity index (χ4n) is 2.27. The minimum Gasteiger partial charge on any atom is -0.494 e. The summed E-state index contributed by atoms with van der Waals surface area (Å²) in [5.74, 6) is 2.17. The molecule has 0 atom stereocenters. The Kier molecular flexibility index (Phi) is 3.65. The lowest BCUT2D eigenvalue weighted by Crippen LogP contribution is -1.94. The second kappa shape index (κ2) is 5.75. The van der Waals surface area contributed by atoms with Crippen LogP contribution in [0.4, 0.5) is 5.69 Å². The quantitative estimate of drug-likeness (QED) is 0.709. The van der Waals surface area contributed by atoms with E-state index in [4.69, 9.17) is 15.2 Å². The van der Waals surface area contributed by atoms with Gasteiger partial charge >= 0.3 is 0 Å². The van der Waals surface area contributed by atoms with Crippen molar-refractivity contribution in [2.75, 3.05) is 12.3 Å². The monoisotopic (exact) mass is 279 g/mol. The van der Waals surface area contributed by atoms with Crippen molar-refractivity contribution in [3.8, 4) is 17.2 Å². The topological polar surface area (TPSA) is 44.5 Å². The highest BCUT2D eigenvalue weighted by Gasteiger charge is 2.03. The van der Waals surface area contributed by atoms with Gasteiger partial charge in [0.2, 0.25) is 0 Å². The van der Waals surface area contributed by atoms with Gasteiger partial charge < -0.3 is 15.2 Å². The molecule has 2 N–H and O–H groups in total. The van der Waals surface area contributed by atoms with Crippen molar-refractivity contribution < 1.29 is 9.47 Å². The number of anilines is 1. The van der Waals surface area contributed by atoms with Crippen molar-refractivity contribution in [3.05, 3.63) is 60.7 Å². The van der Waals surface area contributed by atoms with E-state index in [-0.39, 0.29) is 0 Å². The summed E-state index contributed by atoms with van der Waals surface area (Å²) in [7, 11) is 0. The summed E-state index contributed by atoms with van der Waals surface area (Å²) in [6, 6.07) is 19.6. The minimum atomic E-state index is 0.596. The predicted octanol–water partition coefficient (Wildman–Crippen LogP) is 4.61. The van der Waals surface area contributed by atoms with Crippen LogP contribution in [-0.2, 0) is 0 Å². The molecule has 0 aromatic heterocycles. The number of hydrogen-bond acceptors (Lipinski definition) is 3. The van der Waals surface area contributed by atoms with E-state index < -0.39 is 0 Å². The number of hydrogen-bond donors (Lipinski definition) is 1. The van der Waals surface area contributed by atoms with E-state index in [1.807, 2.05) is 43.3 Å². The highest BCUT2D eigenvalue weighted by molar-refractivity contribution is 5.83. The second-order valence-electron chi connectivity index (χ2n) is 4.78. The molecule has 3 aromatic carbocycles. The van der Waals surface area contributed by atoms with Crippen LogP contribution >= 0.6 is 0 Å². The van der Waals surface area contributed by atoms with Gasteiger partial charge in [0.05, 0.1) is 6.61 Å². The lowest BCUT2D eigenvalue weighted by molar-refractivity contribution is 0.338. The zero-order valence-electron chi connectivity index (χ0n) is 11.9. The molecule has 0 unspecified atom stereocenters. The summed E-state index contributed by atoms with van der Waals surface area (Å²) >= 11 is 0. The Balaban J connectivity index is 1.90. The van der Waals surface area contributed by atoms with Crippen LogP contribution in [0.3, 0.4) is 0 Å². The van der Waals surface area contributed by atoms with E-state index in [1.165, 1.54) is 5.39 Å². The van der Waals surface area contributed by atoms with Crippen molar-refractivity contribution in [2.24, 2.45) is 0 Å². The van der Waals surface area contributed by atoms with Gasteiger partial charge in [-0.2, -0.15) is 0 Å². The third kappa shape index (κ3) is 3.08. The molecule has 0 bridgehead atoms. The zero-order chi connectivity index (χ0) is 14.7. The van der Waals surface area contributed by atoms with Crippen LogP contribution in [0.1, 0.15) is 6.92 Å². The molecule has 3 nitrogen and oxygen atoms in total. The van der Waals surface area contributed by atoms with E-state index in [2.05, 4.69) is 12.1 Å². The Morgan fingerprint density at radius 3 is 2.38 bits per heavy atom. The van der Waals surface area contributed by atoms with Crippen LogP contribution in [0.5, 0.6) is 17.2 Å². The Hall–Kier alpha value is -2.68. The van der Waals surface area contributed by atoms with Gasteiger partial charge in [-0.3, -0.25) is 0 Å². The number of ether oxygens (including phenoxy) is 2. The summed E-state index contributed by atoms with van der Waals surface area (Å²) in [4.78, 5) is 0. The Labute approximate surface area is 123 Å². The lowest BCUT2D eigenvalue weighted by atomic mass is 10.1. The summed E-state index contributed by atoms with van der Waals surface area (Å²) in [5.41, 5.74) is 6.50. The van der Waals surface area contributed by atoms with E-state index in [9.17, 15) is 0 Å². The van der Waals surface area contributed by atoms with Crippen LogP contribution in [0, 0.1) is 0 Å². The summed E-state index contributed by atoms with van der Waals surface area (Å²) in [6.07, 6.45) is 0. The molecule has 0 radical (unpaired) electrons. The van der Waals surface area contributed by atoms with Crippen LogP contribution in [0.25, 0.3) is 10.8 Å². The van der Waals surface area contributed by atoms with E-state index in [1.54, 1.807) is 12.1 Å². The van der Waals surface area contributed by atoms with Crippen LogP contribution in [-0.4, -0.2) is 6.61 Å². The van der Waals surface area contributed by atoms with Crippen LogP contribution in [0.2, 0.25) is 0 Å². The van der Waals surface area contributed by atoms with Gasteiger partial charge in [0.1, 0.15) is 17.2 Å². The maximum absolute atomic E-state index is 5.89. The third-order valence-electron chi connectivity index (χ3n) is 3.17. The van der Waals surface area contributed by atoms with Crippen LogP contribution in [0.15, 0.2) is 60.7 Å². The van der Waals surface area contributed by atoms with E-state index in [0.717, 1.165) is 11.1 Å². The van der Waals surface area contributed by atoms with Gasteiger partial charge in [0.15, 0.2) is 0 Å². The van der Waals surface area contributed by atoms with Crippen molar-refractivity contribution in [2.45, 2.75) is 6.92 Å². The standard InChI is InChI=1S/C18H17NO2/c1-2-20-17-10-15(19)11-18(12-17)21-16-8-7-13-5-3-4-6-14(13)9-16/h3-12H,2,19H2,1H3. The van der Waals surface area contributed by atoms with Gasteiger partial charge in [-0.05, 0) is 29.8 Å². The molecule has 0 heterocycles. The maximum Gasteiger partial charge on any atom is 0.133 e. The lowest BCUT2D eigenvalue weighted by Gasteiger charge is -2.10. The average molecular weight is 279 g/mol. The molecule has 0 aliphatic rings. The molecule has 0 saturated carbocycles. The average Bonchev–Trinajstić information content (AvgIpc) is 2.47. The van der Waals surface area contributed by atoms with Crippen LogP contribution < -0.4 is 15.2 Å². The molecule has 3 aromatic rings. The number of nitrogen functional groups attached to an aromatic ring is 1. The molecule has 21 heavy (non-hydrogen) atoms. The first kappa shape index (κ1) is 13.3. The molecule has 3 rings (SSSR count). The minimum absolute atomic E-state index is 0.596. The number of fused-ring (bicyclic) bond motifs is 1. The predicted molar refractivity (Wildman–Crippen MR) is 86.0 cm³/mol. The van der Waals surface area contributed by atoms with E-state index >= 15 is 0 Å². The number of benzene rings is 3. The molecule has 0 saturated heterocycles. The molecule has 3 heteroatoms. The molecule has 106 valence electrons. The largest absolute Gasteiger partial charge is 0.494 e. The smallest absolute Gasteiger partial charge is 0.133 e. The normalized spacial score (nSPS) is 10.5. The first-order chi connectivity index (χ1) is 10.2. The fourth-order valence-corrected chi connectivity index (χ4v) is 2.27. The maximum atomic E-state index is 5.89. The molecule has 0 fully saturated rings. The molecule has 0 aliphatic heterocycles. The van der Waals surface area contributed by atoms with Gasteiger partial charge in [-0.15, -0.1) is 0 Å². The van der Waals surface area contributed by atoms with Gasteiger partial charge in [0.25, 0.3) is 0 Å². The number of rotatable bonds is 4. The summed E-state index contributed by atoms with van der Waals surface area (Å²) < 4.78 is 11.4. The fraction of sp³-hybridized carbons (Fsp3) is 0.111. The summed E-state index contributed by atoms with van der Waals surface area (Å²) in [6.45, 7) is 2.53. The molecule has 0 spiro atoms. The molecular formula is C18H17NO2. The summed E-state index contributed by atoms with van der Waals surface area (Å²) in [5, 5.41) is 2.33. The van der Waals surface area contributed by atoms with Gasteiger partial charge in [-0.25, -0.2) is 0 Å². The molecule has 0 aliphatic carbocycles. The number of nitrogens with two attached hydrogens (primary N) is 1. The Bertz CT molecular complexity index is 768. The second-order valence-corrected chi connectivity index (χ2v) is 4.78. The van der Waals surface area contributed by atoms with Crippen molar-refractivity contribution >= 4 is 16.5 Å². The van der Waals surface area contributed by atoms with Crippen molar-refractivity contribution in [3.63, 3.8) is 0 Å². The molecule has 0 amide bonds. The van der Waals surface area contributed by atoms with E-state index in [0.29, 0.717) is 23.8 Å². The Morgan fingerprint density at radius 2 is 1.57 bits per heavy atom. The van der Waals surface area contributed by atoms with Gasteiger partial charge in [0, 0.05) is 23.9 Å². The SMILES string of the molecule is CCOc1cc(N)cc(Oc2ccc3ccccc3c2)c1. The van der Waals surface area contributed by atoms with Gasteiger partial charge in [-0.1, -0.05) is 30.3 Å². The molecular weight excluding hydrogens is 262 g/mol.